The Morgan fingerprint density at radius 3 is 2.85 bits per heavy atom. The van der Waals surface area contributed by atoms with Crippen molar-refractivity contribution in [3.05, 3.63) is 62.5 Å². The summed E-state index contributed by atoms with van der Waals surface area (Å²) in [6.45, 7) is 1.40. The molecule has 0 bridgehead atoms. The Labute approximate surface area is 170 Å². The van der Waals surface area contributed by atoms with Gasteiger partial charge in [-0.1, -0.05) is 45.5 Å². The van der Waals surface area contributed by atoms with Gasteiger partial charge >= 0.3 is 0 Å². The van der Waals surface area contributed by atoms with E-state index in [1.807, 2.05) is 54.2 Å². The average molecular weight is 451 g/mol. The van der Waals surface area contributed by atoms with Crippen LogP contribution in [0.4, 0.5) is 10.8 Å². The Hall–Kier alpha value is -1.74. The molecule has 136 valence electrons. The number of halogens is 1. The minimum Gasteiger partial charge on any atom is -0.497 e. The molecule has 0 atom stereocenters. The molecule has 1 aromatic heterocycles. The van der Waals surface area contributed by atoms with Crippen molar-refractivity contribution < 1.29 is 4.74 Å². The molecule has 0 saturated carbocycles. The minimum atomic E-state index is 0.618. The second kappa shape index (κ2) is 8.77. The van der Waals surface area contributed by atoms with E-state index in [0.29, 0.717) is 6.67 Å². The van der Waals surface area contributed by atoms with Crippen molar-refractivity contribution in [2.45, 2.75) is 13.2 Å². The highest BCUT2D eigenvalue weighted by Gasteiger charge is 2.08. The number of nitrogens with zero attached hydrogens (tertiary/aromatic N) is 3. The first-order valence-corrected chi connectivity index (χ1v) is 9.97. The predicted molar refractivity (Wildman–Crippen MR) is 113 cm³/mol. The number of hydrogen-bond donors (Lipinski definition) is 1. The predicted octanol–water partition coefficient (Wildman–Crippen LogP) is 5.28. The fraction of sp³-hybridized carbons (Fsp3) is 0.222. The van der Waals surface area contributed by atoms with E-state index in [4.69, 9.17) is 17.0 Å². The largest absolute Gasteiger partial charge is 0.497 e. The first-order chi connectivity index (χ1) is 12.5. The molecule has 0 aliphatic heterocycles. The lowest BCUT2D eigenvalue weighted by Crippen LogP contribution is -2.22. The van der Waals surface area contributed by atoms with Crippen LogP contribution < -0.4 is 10.1 Å². The summed E-state index contributed by atoms with van der Waals surface area (Å²) in [5, 5.41) is 8.67. The molecule has 1 N–H and O–H groups in total. The highest BCUT2D eigenvalue weighted by molar-refractivity contribution is 9.10. The fourth-order valence-corrected chi connectivity index (χ4v) is 3.91. The maximum atomic E-state index is 5.46. The monoisotopic (exact) mass is 450 g/mol. The molecule has 8 heteroatoms. The highest BCUT2D eigenvalue weighted by atomic mass is 79.9. The van der Waals surface area contributed by atoms with Crippen LogP contribution in [-0.4, -0.2) is 28.8 Å². The Bertz CT molecular complexity index is 941. The Balaban J connectivity index is 1.66. The average Bonchev–Trinajstić information content (AvgIpc) is 2.94. The van der Waals surface area contributed by atoms with Crippen molar-refractivity contribution in [2.75, 3.05) is 19.5 Å². The van der Waals surface area contributed by atoms with Gasteiger partial charge in [-0.3, -0.25) is 4.90 Å². The van der Waals surface area contributed by atoms with E-state index >= 15 is 0 Å². The van der Waals surface area contributed by atoms with E-state index in [9.17, 15) is 0 Å². The molecule has 0 fully saturated rings. The number of rotatable bonds is 7. The summed E-state index contributed by atoms with van der Waals surface area (Å²) in [5.41, 5.74) is 2.15. The quantitative estimate of drug-likeness (QED) is 0.496. The van der Waals surface area contributed by atoms with Crippen molar-refractivity contribution in [3.63, 3.8) is 0 Å². The van der Waals surface area contributed by atoms with Crippen LogP contribution in [0, 0.1) is 3.95 Å². The summed E-state index contributed by atoms with van der Waals surface area (Å²) in [4.78, 5) is 2.16. The molecular formula is C18H19BrN4OS2. The van der Waals surface area contributed by atoms with Gasteiger partial charge in [-0.05, 0) is 55.2 Å². The zero-order valence-electron chi connectivity index (χ0n) is 14.5. The molecule has 0 aliphatic rings. The van der Waals surface area contributed by atoms with E-state index < -0.39 is 0 Å². The number of methoxy groups -OCH3 is 1. The van der Waals surface area contributed by atoms with Gasteiger partial charge in [0.15, 0.2) is 3.95 Å². The fourth-order valence-electron chi connectivity index (χ4n) is 2.50. The normalized spacial score (nSPS) is 10.9. The Morgan fingerprint density at radius 1 is 1.27 bits per heavy atom. The smallest absolute Gasteiger partial charge is 0.209 e. The molecule has 3 aromatic rings. The summed E-state index contributed by atoms with van der Waals surface area (Å²) >= 11 is 10.4. The van der Waals surface area contributed by atoms with Gasteiger partial charge in [0.05, 0.1) is 13.8 Å². The van der Waals surface area contributed by atoms with Crippen molar-refractivity contribution >= 4 is 50.3 Å². The summed E-state index contributed by atoms with van der Waals surface area (Å²) < 4.78 is 8.87. The second-order valence-electron chi connectivity index (χ2n) is 5.82. The molecule has 0 amide bonds. The molecule has 2 aromatic carbocycles. The van der Waals surface area contributed by atoms with E-state index in [1.54, 1.807) is 7.11 Å². The molecule has 0 radical (unpaired) electrons. The third-order valence-corrected chi connectivity index (χ3v) is 5.36. The summed E-state index contributed by atoms with van der Waals surface area (Å²) in [7, 11) is 3.72. The maximum Gasteiger partial charge on any atom is 0.209 e. The number of nitrogens with one attached hydrogen (secondary N) is 1. The molecule has 0 unspecified atom stereocenters. The summed E-state index contributed by atoms with van der Waals surface area (Å²) in [6.07, 6.45) is 0. The van der Waals surface area contributed by atoms with E-state index in [0.717, 1.165) is 31.5 Å². The SMILES string of the molecule is COc1cccc(CN(C)Cn2nc(Nc3cccc(Br)c3)sc2=S)c1. The third-order valence-electron chi connectivity index (χ3n) is 3.64. The van der Waals surface area contributed by atoms with E-state index in [-0.39, 0.29) is 0 Å². The van der Waals surface area contributed by atoms with Crippen LogP contribution >= 0.6 is 39.5 Å². The summed E-state index contributed by atoms with van der Waals surface area (Å²) in [6, 6.07) is 16.0. The topological polar surface area (TPSA) is 42.3 Å². The van der Waals surface area contributed by atoms with Crippen LogP contribution in [0.25, 0.3) is 0 Å². The van der Waals surface area contributed by atoms with Crippen LogP contribution in [0.15, 0.2) is 53.0 Å². The second-order valence-corrected chi connectivity index (χ2v) is 8.35. The van der Waals surface area contributed by atoms with Crippen molar-refractivity contribution in [1.29, 1.82) is 0 Å². The number of anilines is 2. The lowest BCUT2D eigenvalue weighted by Gasteiger charge is -2.16. The summed E-state index contributed by atoms with van der Waals surface area (Å²) in [5.74, 6) is 0.863. The number of aromatic nitrogens is 2. The van der Waals surface area contributed by atoms with E-state index in [2.05, 4.69) is 37.3 Å². The van der Waals surface area contributed by atoms with Crippen LogP contribution in [-0.2, 0) is 13.2 Å². The maximum absolute atomic E-state index is 5.46. The number of benzene rings is 2. The van der Waals surface area contributed by atoms with Gasteiger partial charge in [-0.15, -0.1) is 5.10 Å². The van der Waals surface area contributed by atoms with Crippen molar-refractivity contribution in [1.82, 2.24) is 14.7 Å². The number of hydrogen-bond acceptors (Lipinski definition) is 6. The molecule has 0 spiro atoms. The molecule has 0 aliphatic carbocycles. The highest BCUT2D eigenvalue weighted by Crippen LogP contribution is 2.23. The number of ether oxygens (including phenoxy) is 1. The zero-order valence-corrected chi connectivity index (χ0v) is 17.7. The van der Waals surface area contributed by atoms with Crippen LogP contribution in [0.3, 0.4) is 0 Å². The van der Waals surface area contributed by atoms with Crippen LogP contribution in [0.2, 0.25) is 0 Å². The molecule has 5 nitrogen and oxygen atoms in total. The van der Waals surface area contributed by atoms with Crippen LogP contribution in [0.1, 0.15) is 5.56 Å². The van der Waals surface area contributed by atoms with Crippen LogP contribution in [0.5, 0.6) is 5.75 Å². The first kappa shape index (κ1) is 19.0. The molecule has 26 heavy (non-hydrogen) atoms. The van der Waals surface area contributed by atoms with Gasteiger partial charge in [0.25, 0.3) is 0 Å². The zero-order chi connectivity index (χ0) is 18.5. The molecular weight excluding hydrogens is 432 g/mol. The lowest BCUT2D eigenvalue weighted by atomic mass is 10.2. The minimum absolute atomic E-state index is 0.618. The van der Waals surface area contributed by atoms with Crippen molar-refractivity contribution in [2.24, 2.45) is 0 Å². The van der Waals surface area contributed by atoms with Gasteiger partial charge < -0.3 is 10.1 Å². The van der Waals surface area contributed by atoms with Gasteiger partial charge in [0, 0.05) is 16.7 Å². The van der Waals surface area contributed by atoms with Gasteiger partial charge in [-0.2, -0.15) is 0 Å². The van der Waals surface area contributed by atoms with Gasteiger partial charge in [0.1, 0.15) is 5.75 Å². The Morgan fingerprint density at radius 2 is 2.08 bits per heavy atom. The first-order valence-electron chi connectivity index (χ1n) is 7.95. The van der Waals surface area contributed by atoms with E-state index in [1.165, 1.54) is 16.9 Å². The molecule has 3 rings (SSSR count). The van der Waals surface area contributed by atoms with Gasteiger partial charge in [-0.25, -0.2) is 4.68 Å². The van der Waals surface area contributed by atoms with Crippen molar-refractivity contribution in [3.8, 4) is 5.75 Å². The third kappa shape index (κ3) is 5.14. The standard InChI is InChI=1S/C18H19BrN4OS2/c1-22(11-13-5-3-8-16(9-13)24-2)12-23-18(25)26-17(21-23)20-15-7-4-6-14(19)10-15/h3-10H,11-12H2,1-2H3,(H,20,21). The lowest BCUT2D eigenvalue weighted by molar-refractivity contribution is 0.245. The molecule has 0 saturated heterocycles. The molecule has 1 heterocycles. The van der Waals surface area contributed by atoms with Gasteiger partial charge in [0.2, 0.25) is 5.13 Å². The Kier molecular flexibility index (Phi) is 6.42.